The van der Waals surface area contributed by atoms with Crippen LogP contribution in [0.4, 0.5) is 11.4 Å². The summed E-state index contributed by atoms with van der Waals surface area (Å²) in [5.74, 6) is -0.583. The Balaban J connectivity index is 0.000000169. The molecule has 0 atom stereocenters. The quantitative estimate of drug-likeness (QED) is 0.143. The molecule has 4 heterocycles. The first-order valence-electron chi connectivity index (χ1n) is 16.3. The molecule has 2 aliphatic rings. The van der Waals surface area contributed by atoms with Gasteiger partial charge in [0, 0.05) is 17.6 Å². The summed E-state index contributed by atoms with van der Waals surface area (Å²) in [4.78, 5) is 85.2. The van der Waals surface area contributed by atoms with Crippen LogP contribution in [-0.4, -0.2) is 56.8 Å². The number of anilines is 2. The minimum atomic E-state index is -0.554. The molecule has 55 heavy (non-hydrogen) atoms. The van der Waals surface area contributed by atoms with Gasteiger partial charge in [0.2, 0.25) is 0 Å². The minimum absolute atomic E-state index is 0.0132. The van der Waals surface area contributed by atoms with Crippen LogP contribution in [0.2, 0.25) is 0 Å². The number of aromatic nitrogens is 4. The zero-order valence-corrected chi connectivity index (χ0v) is 29.8. The fraction of sp³-hybridized carbons (Fsp3) is 0.108. The van der Waals surface area contributed by atoms with E-state index in [1.54, 1.807) is 54.6 Å². The van der Waals surface area contributed by atoms with Crippen LogP contribution in [0.3, 0.4) is 0 Å². The molecule has 0 aliphatic carbocycles. The van der Waals surface area contributed by atoms with Crippen molar-refractivity contribution in [3.05, 3.63) is 126 Å². The lowest BCUT2D eigenvalue weighted by molar-refractivity contribution is -0.119. The van der Waals surface area contributed by atoms with E-state index >= 15 is 0 Å². The van der Waals surface area contributed by atoms with E-state index in [9.17, 15) is 28.8 Å². The fourth-order valence-electron chi connectivity index (χ4n) is 5.55. The normalized spacial score (nSPS) is 12.7. The summed E-state index contributed by atoms with van der Waals surface area (Å²) in [7, 11) is 0. The van der Waals surface area contributed by atoms with Crippen LogP contribution in [0.5, 0.6) is 11.5 Å². The Hall–Kier alpha value is -7.39. The number of nitrogens with one attached hydrogen (secondary N) is 6. The Bertz CT molecular complexity index is 2740. The molecule has 0 unspecified atom stereocenters. The smallest absolute Gasteiger partial charge is 0.287 e. The lowest BCUT2D eigenvalue weighted by Crippen LogP contribution is -2.28. The minimum Gasteiger partial charge on any atom is -0.482 e. The van der Waals surface area contributed by atoms with Gasteiger partial charge in [0.15, 0.2) is 24.9 Å². The number of amides is 4. The molecule has 2 aliphatic heterocycles. The number of aromatic amines is 2. The summed E-state index contributed by atoms with van der Waals surface area (Å²) in [5.41, 5.74) is 2.79. The van der Waals surface area contributed by atoms with E-state index in [0.717, 1.165) is 15.6 Å². The largest absolute Gasteiger partial charge is 0.482 e. The Morgan fingerprint density at radius 2 is 1.18 bits per heavy atom. The number of nitrogens with zero attached hydrogens (tertiary/aromatic N) is 3. The van der Waals surface area contributed by atoms with Gasteiger partial charge >= 0.3 is 0 Å². The van der Waals surface area contributed by atoms with Crippen LogP contribution in [0.1, 0.15) is 37.9 Å². The molecular formula is C37H26BrN9O8. The highest BCUT2D eigenvalue weighted by atomic mass is 79.9. The number of ether oxygens (including phenoxy) is 2. The second kappa shape index (κ2) is 15.3. The van der Waals surface area contributed by atoms with Crippen molar-refractivity contribution >= 4 is 72.7 Å². The molecule has 0 bridgehead atoms. The third kappa shape index (κ3) is 8.16. The monoisotopic (exact) mass is 803 g/mol. The van der Waals surface area contributed by atoms with Crippen LogP contribution >= 0.6 is 15.9 Å². The van der Waals surface area contributed by atoms with Gasteiger partial charge in [0.1, 0.15) is 11.5 Å². The van der Waals surface area contributed by atoms with Crippen molar-refractivity contribution in [1.82, 2.24) is 30.6 Å². The zero-order chi connectivity index (χ0) is 38.6. The average molecular weight is 805 g/mol. The zero-order valence-electron chi connectivity index (χ0n) is 28.2. The Morgan fingerprint density at radius 3 is 1.69 bits per heavy atom. The molecule has 0 spiro atoms. The molecule has 2 aromatic heterocycles. The summed E-state index contributed by atoms with van der Waals surface area (Å²) in [6.45, 7) is 0.321. The summed E-state index contributed by atoms with van der Waals surface area (Å²) in [5, 5.41) is 20.3. The van der Waals surface area contributed by atoms with Gasteiger partial charge in [-0.25, -0.2) is 9.97 Å². The van der Waals surface area contributed by atoms with Gasteiger partial charge in [0.25, 0.3) is 34.7 Å². The van der Waals surface area contributed by atoms with Crippen molar-refractivity contribution in [3.8, 4) is 17.6 Å². The average Bonchev–Trinajstić information content (AvgIpc) is 3.18. The van der Waals surface area contributed by atoms with E-state index < -0.39 is 17.4 Å². The van der Waals surface area contributed by atoms with Crippen LogP contribution in [0.25, 0.3) is 21.8 Å². The molecule has 6 N–H and O–H groups in total. The van der Waals surface area contributed by atoms with Gasteiger partial charge in [-0.2, -0.15) is 5.26 Å². The molecule has 0 saturated heterocycles. The molecule has 274 valence electrons. The van der Waals surface area contributed by atoms with E-state index in [0.29, 0.717) is 44.9 Å². The van der Waals surface area contributed by atoms with E-state index in [1.165, 1.54) is 18.2 Å². The SMILES string of the molecule is N#Cc1ccc2nc(C(=O)NCc3ccc4c(c3)NC(=O)CO4)[nH]c(=O)c2c1.O=C1COc2ccc(CNC(=O)c3nc4ccc(Br)cc4c(=O)[nH]3)cc2N1. The number of rotatable bonds is 6. The summed E-state index contributed by atoms with van der Waals surface area (Å²) >= 11 is 3.30. The highest BCUT2D eigenvalue weighted by Crippen LogP contribution is 2.29. The van der Waals surface area contributed by atoms with Gasteiger partial charge in [0.05, 0.1) is 44.8 Å². The van der Waals surface area contributed by atoms with Crippen LogP contribution in [0.15, 0.2) is 86.9 Å². The summed E-state index contributed by atoms with van der Waals surface area (Å²) in [6, 6.07) is 21.9. The summed E-state index contributed by atoms with van der Waals surface area (Å²) in [6.07, 6.45) is 0. The second-order valence-corrected chi connectivity index (χ2v) is 13.0. The van der Waals surface area contributed by atoms with Gasteiger partial charge in [-0.15, -0.1) is 0 Å². The van der Waals surface area contributed by atoms with Crippen LogP contribution in [0, 0.1) is 11.3 Å². The van der Waals surface area contributed by atoms with E-state index in [1.807, 2.05) is 6.07 Å². The van der Waals surface area contributed by atoms with Crippen molar-refractivity contribution in [2.45, 2.75) is 13.1 Å². The van der Waals surface area contributed by atoms with Crippen molar-refractivity contribution in [1.29, 1.82) is 5.26 Å². The number of halogens is 1. The molecule has 18 heteroatoms. The predicted octanol–water partition coefficient (Wildman–Crippen LogP) is 3.00. The Morgan fingerprint density at radius 1 is 0.691 bits per heavy atom. The molecule has 0 fully saturated rings. The van der Waals surface area contributed by atoms with Gasteiger partial charge in [-0.3, -0.25) is 28.8 Å². The standard InChI is InChI=1S/C19H13N5O4.C18H13BrN4O4/c20-7-10-1-3-13-12(5-10)18(26)24-17(23-13)19(27)21-8-11-2-4-15-14(6-11)22-16(25)9-28-15;19-10-2-3-12-11(6-10)17(25)23-16(22-12)18(26)20-7-9-1-4-14-13(5-9)21-15(24)8-27-14/h1-6H,8-9H2,(H,21,27)(H,22,25)(H,23,24,26);1-6H,7-8H2,(H,20,26)(H,21,24)(H,22,23,25). The van der Waals surface area contributed by atoms with Crippen molar-refractivity contribution in [3.63, 3.8) is 0 Å². The maximum atomic E-state index is 12.4. The van der Waals surface area contributed by atoms with Crippen LogP contribution in [-0.2, 0) is 22.7 Å². The second-order valence-electron chi connectivity index (χ2n) is 12.0. The first kappa shape index (κ1) is 36.0. The number of nitriles is 1. The number of fused-ring (bicyclic) bond motifs is 4. The lowest BCUT2D eigenvalue weighted by Gasteiger charge is -2.18. The first-order chi connectivity index (χ1) is 26.5. The third-order valence-electron chi connectivity index (χ3n) is 8.19. The van der Waals surface area contributed by atoms with Crippen molar-refractivity contribution in [2.24, 2.45) is 0 Å². The number of carbonyl (C=O) groups excluding carboxylic acids is 4. The maximum Gasteiger partial charge on any atom is 0.287 e. The topological polar surface area (TPSA) is 250 Å². The molecule has 6 aromatic rings. The third-order valence-corrected chi connectivity index (χ3v) is 8.69. The van der Waals surface area contributed by atoms with Crippen molar-refractivity contribution in [2.75, 3.05) is 23.8 Å². The number of carbonyl (C=O) groups is 4. The first-order valence-corrected chi connectivity index (χ1v) is 17.1. The Labute approximate surface area is 317 Å². The van der Waals surface area contributed by atoms with Gasteiger partial charge < -0.3 is 40.7 Å². The van der Waals surface area contributed by atoms with Crippen molar-refractivity contribution < 1.29 is 28.7 Å². The predicted molar refractivity (Wildman–Crippen MR) is 201 cm³/mol. The Kier molecular flexibility index (Phi) is 10.0. The number of benzene rings is 4. The molecule has 4 amide bonds. The molecular weight excluding hydrogens is 778 g/mol. The van der Waals surface area contributed by atoms with Crippen LogP contribution < -0.4 is 41.9 Å². The van der Waals surface area contributed by atoms with Gasteiger partial charge in [-0.05, 0) is 71.8 Å². The maximum absolute atomic E-state index is 12.4. The van der Waals surface area contributed by atoms with E-state index in [-0.39, 0.29) is 60.7 Å². The molecule has 0 saturated carbocycles. The van der Waals surface area contributed by atoms with Gasteiger partial charge in [-0.1, -0.05) is 28.1 Å². The molecule has 17 nitrogen and oxygen atoms in total. The number of hydrogen-bond acceptors (Lipinski definition) is 11. The lowest BCUT2D eigenvalue weighted by atomic mass is 10.1. The molecule has 8 rings (SSSR count). The highest BCUT2D eigenvalue weighted by molar-refractivity contribution is 9.10. The number of H-pyrrole nitrogens is 2. The van der Waals surface area contributed by atoms with E-state index in [4.69, 9.17) is 14.7 Å². The highest BCUT2D eigenvalue weighted by Gasteiger charge is 2.19. The summed E-state index contributed by atoms with van der Waals surface area (Å²) < 4.78 is 11.3. The number of hydrogen-bond donors (Lipinski definition) is 6. The fourth-order valence-corrected chi connectivity index (χ4v) is 5.91. The molecule has 0 radical (unpaired) electrons. The molecule has 4 aromatic carbocycles. The van der Waals surface area contributed by atoms with E-state index in [2.05, 4.69) is 57.1 Å².